The smallest absolute Gasteiger partial charge is 0.150 e. The Hall–Kier alpha value is -0.870. The third-order valence-corrected chi connectivity index (χ3v) is 5.89. The van der Waals surface area contributed by atoms with Crippen LogP contribution in [0.1, 0.15) is 12.0 Å². The van der Waals surface area contributed by atoms with E-state index in [0.717, 1.165) is 26.1 Å². The van der Waals surface area contributed by atoms with Crippen LogP contribution >= 0.6 is 0 Å². The fourth-order valence-corrected chi connectivity index (χ4v) is 5.48. The van der Waals surface area contributed by atoms with Crippen LogP contribution in [0.2, 0.25) is 0 Å². The molecule has 3 nitrogen and oxygen atoms in total. The Balaban J connectivity index is 1.68. The lowest BCUT2D eigenvalue weighted by Crippen LogP contribution is -2.48. The molecule has 2 fully saturated rings. The first-order valence-electron chi connectivity index (χ1n) is 6.57. The molecule has 2 bridgehead atoms. The summed E-state index contributed by atoms with van der Waals surface area (Å²) in [5.41, 5.74) is 1.32. The van der Waals surface area contributed by atoms with Crippen molar-refractivity contribution in [3.05, 3.63) is 35.9 Å². The van der Waals surface area contributed by atoms with Gasteiger partial charge in [-0.2, -0.15) is 0 Å². The number of rotatable bonds is 2. The molecule has 0 aliphatic carbocycles. The van der Waals surface area contributed by atoms with Crippen molar-refractivity contribution in [3.8, 4) is 0 Å². The molecule has 0 unspecified atom stereocenters. The number of sulfone groups is 1. The third kappa shape index (κ3) is 2.75. The molecule has 18 heavy (non-hydrogen) atoms. The SMILES string of the molecule is O=S1(=O)C[C@@H]2C[C@@H](CN(Cc3ccccc3)C2)C1. The van der Waals surface area contributed by atoms with E-state index in [9.17, 15) is 8.42 Å². The molecule has 2 aliphatic rings. The molecular formula is C14H19NO2S. The van der Waals surface area contributed by atoms with Gasteiger partial charge in [0.1, 0.15) is 0 Å². The molecule has 3 rings (SSSR count). The van der Waals surface area contributed by atoms with Gasteiger partial charge in [0.2, 0.25) is 0 Å². The van der Waals surface area contributed by atoms with Crippen molar-refractivity contribution in [3.63, 3.8) is 0 Å². The summed E-state index contributed by atoms with van der Waals surface area (Å²) >= 11 is 0. The van der Waals surface area contributed by atoms with Crippen molar-refractivity contribution in [1.82, 2.24) is 4.90 Å². The van der Waals surface area contributed by atoms with Crippen LogP contribution in [0.3, 0.4) is 0 Å². The molecule has 2 atom stereocenters. The number of hydrogen-bond donors (Lipinski definition) is 0. The van der Waals surface area contributed by atoms with E-state index in [1.807, 2.05) is 6.07 Å². The fourth-order valence-electron chi connectivity index (χ4n) is 3.42. The summed E-state index contributed by atoms with van der Waals surface area (Å²) in [5, 5.41) is 0. The number of benzene rings is 1. The fraction of sp³-hybridized carbons (Fsp3) is 0.571. The lowest BCUT2D eigenvalue weighted by atomic mass is 9.91. The third-order valence-electron chi connectivity index (χ3n) is 3.93. The summed E-state index contributed by atoms with van der Waals surface area (Å²) in [7, 11) is -2.76. The molecule has 4 heteroatoms. The molecule has 1 aromatic carbocycles. The van der Waals surface area contributed by atoms with Gasteiger partial charge < -0.3 is 0 Å². The molecule has 2 saturated heterocycles. The van der Waals surface area contributed by atoms with E-state index in [2.05, 4.69) is 29.2 Å². The van der Waals surface area contributed by atoms with Crippen LogP contribution in [0.5, 0.6) is 0 Å². The normalized spacial score (nSPS) is 31.1. The molecule has 0 amide bonds. The van der Waals surface area contributed by atoms with E-state index in [1.165, 1.54) is 5.56 Å². The van der Waals surface area contributed by atoms with E-state index in [4.69, 9.17) is 0 Å². The predicted molar refractivity (Wildman–Crippen MR) is 72.0 cm³/mol. The van der Waals surface area contributed by atoms with Crippen LogP contribution in [-0.2, 0) is 16.4 Å². The zero-order chi connectivity index (χ0) is 12.6. The van der Waals surface area contributed by atoms with E-state index >= 15 is 0 Å². The van der Waals surface area contributed by atoms with Crippen molar-refractivity contribution in [2.45, 2.75) is 13.0 Å². The second kappa shape index (κ2) is 4.67. The van der Waals surface area contributed by atoms with Gasteiger partial charge in [0.15, 0.2) is 9.84 Å². The average molecular weight is 265 g/mol. The van der Waals surface area contributed by atoms with Crippen molar-refractivity contribution >= 4 is 9.84 Å². The number of fused-ring (bicyclic) bond motifs is 2. The molecule has 0 N–H and O–H groups in total. The van der Waals surface area contributed by atoms with Crippen LogP contribution in [0.4, 0.5) is 0 Å². The minimum absolute atomic E-state index is 0.353. The first kappa shape index (κ1) is 12.2. The summed E-state index contributed by atoms with van der Waals surface area (Å²) in [5.74, 6) is 1.50. The van der Waals surface area contributed by atoms with Gasteiger partial charge in [-0.15, -0.1) is 0 Å². The minimum atomic E-state index is -2.76. The van der Waals surface area contributed by atoms with Crippen molar-refractivity contribution in [1.29, 1.82) is 0 Å². The van der Waals surface area contributed by atoms with Crippen LogP contribution in [0, 0.1) is 11.8 Å². The molecule has 98 valence electrons. The summed E-state index contributed by atoms with van der Waals surface area (Å²) in [4.78, 5) is 2.42. The van der Waals surface area contributed by atoms with Crippen LogP contribution < -0.4 is 0 Å². The molecule has 0 aromatic heterocycles. The molecule has 2 heterocycles. The van der Waals surface area contributed by atoms with E-state index < -0.39 is 9.84 Å². The molecular weight excluding hydrogens is 246 g/mol. The minimum Gasteiger partial charge on any atom is -0.298 e. The Morgan fingerprint density at radius 2 is 1.67 bits per heavy atom. The van der Waals surface area contributed by atoms with Crippen LogP contribution in [-0.4, -0.2) is 37.9 Å². The van der Waals surface area contributed by atoms with Gasteiger partial charge in [-0.05, 0) is 23.8 Å². The first-order chi connectivity index (χ1) is 8.61. The van der Waals surface area contributed by atoms with Gasteiger partial charge >= 0.3 is 0 Å². The highest BCUT2D eigenvalue weighted by Gasteiger charge is 2.37. The standard InChI is InChI=1S/C14H19NO2S/c16-18(17)10-13-6-14(11-18)9-15(8-13)7-12-4-2-1-3-5-12/h1-5,13-14H,6-11H2/t13-,14+. The molecule has 0 saturated carbocycles. The molecule has 0 radical (unpaired) electrons. The monoisotopic (exact) mass is 265 g/mol. The van der Waals surface area contributed by atoms with Crippen LogP contribution in [0.15, 0.2) is 30.3 Å². The lowest BCUT2D eigenvalue weighted by molar-refractivity contribution is 0.130. The second-order valence-corrected chi connectivity index (χ2v) is 7.88. The topological polar surface area (TPSA) is 37.4 Å². The van der Waals surface area contributed by atoms with Gasteiger partial charge in [0.05, 0.1) is 11.5 Å². The van der Waals surface area contributed by atoms with Crippen molar-refractivity contribution < 1.29 is 8.42 Å². The van der Waals surface area contributed by atoms with Gasteiger partial charge in [0, 0.05) is 19.6 Å². The number of hydrogen-bond acceptors (Lipinski definition) is 3. The summed E-state index contributed by atoms with van der Waals surface area (Å²) in [6.07, 6.45) is 1.10. The largest absolute Gasteiger partial charge is 0.298 e. The van der Waals surface area contributed by atoms with Crippen molar-refractivity contribution in [2.24, 2.45) is 11.8 Å². The van der Waals surface area contributed by atoms with Crippen LogP contribution in [0.25, 0.3) is 0 Å². The van der Waals surface area contributed by atoms with E-state index in [0.29, 0.717) is 23.3 Å². The average Bonchev–Trinajstić information content (AvgIpc) is 2.27. The quantitative estimate of drug-likeness (QED) is 0.814. The van der Waals surface area contributed by atoms with Crippen molar-refractivity contribution in [2.75, 3.05) is 24.6 Å². The Morgan fingerprint density at radius 3 is 2.28 bits per heavy atom. The Labute approximate surface area is 109 Å². The zero-order valence-electron chi connectivity index (χ0n) is 10.5. The van der Waals surface area contributed by atoms with E-state index in [-0.39, 0.29) is 0 Å². The summed E-state index contributed by atoms with van der Waals surface area (Å²) < 4.78 is 23.4. The van der Waals surface area contributed by atoms with Gasteiger partial charge in [-0.3, -0.25) is 4.90 Å². The first-order valence-corrected chi connectivity index (χ1v) is 8.39. The maximum absolute atomic E-state index is 11.7. The maximum atomic E-state index is 11.7. The van der Waals surface area contributed by atoms with E-state index in [1.54, 1.807) is 0 Å². The maximum Gasteiger partial charge on any atom is 0.150 e. The molecule has 2 aliphatic heterocycles. The Kier molecular flexibility index (Phi) is 3.16. The Morgan fingerprint density at radius 1 is 1.06 bits per heavy atom. The summed E-state index contributed by atoms with van der Waals surface area (Å²) in [6, 6.07) is 10.4. The highest BCUT2D eigenvalue weighted by molar-refractivity contribution is 7.91. The highest BCUT2D eigenvalue weighted by Crippen LogP contribution is 2.30. The molecule has 1 aromatic rings. The number of piperidine rings is 1. The lowest BCUT2D eigenvalue weighted by Gasteiger charge is -2.41. The Bertz CT molecular complexity index is 492. The second-order valence-electron chi connectivity index (χ2n) is 5.72. The zero-order valence-corrected chi connectivity index (χ0v) is 11.3. The van der Waals surface area contributed by atoms with Gasteiger partial charge in [0.25, 0.3) is 0 Å². The predicted octanol–water partition coefficient (Wildman–Crippen LogP) is 1.55. The van der Waals surface area contributed by atoms with Gasteiger partial charge in [-0.25, -0.2) is 8.42 Å². The van der Waals surface area contributed by atoms with Gasteiger partial charge in [-0.1, -0.05) is 30.3 Å². The number of likely N-dealkylation sites (tertiary alicyclic amines) is 1. The molecule has 0 spiro atoms. The highest BCUT2D eigenvalue weighted by atomic mass is 32.2. The summed E-state index contributed by atoms with van der Waals surface area (Å²) in [6.45, 7) is 2.82. The number of nitrogens with zero attached hydrogens (tertiary/aromatic N) is 1.